The monoisotopic (exact) mass is 394 g/mol. The molecule has 0 radical (unpaired) electrons. The lowest BCUT2D eigenvalue weighted by molar-refractivity contribution is -0.134. The number of rotatable bonds is 5. The van der Waals surface area contributed by atoms with E-state index in [-0.39, 0.29) is 5.91 Å². The van der Waals surface area contributed by atoms with Gasteiger partial charge < -0.3 is 10.2 Å². The third kappa shape index (κ3) is 5.29. The molecule has 0 saturated carbocycles. The summed E-state index contributed by atoms with van der Waals surface area (Å²) in [4.78, 5) is 30.3. The van der Waals surface area contributed by atoms with Crippen molar-refractivity contribution in [2.24, 2.45) is 5.92 Å². The van der Waals surface area contributed by atoms with Crippen molar-refractivity contribution < 1.29 is 4.79 Å². The normalized spacial score (nSPS) is 19.3. The van der Waals surface area contributed by atoms with Gasteiger partial charge in [-0.1, -0.05) is 13.0 Å². The zero-order valence-corrected chi connectivity index (χ0v) is 17.1. The summed E-state index contributed by atoms with van der Waals surface area (Å²) in [6.07, 6.45) is 9.62. The van der Waals surface area contributed by atoms with Crippen molar-refractivity contribution in [3.8, 4) is 0 Å². The summed E-state index contributed by atoms with van der Waals surface area (Å²) in [7, 11) is 0. The summed E-state index contributed by atoms with van der Waals surface area (Å²) in [5, 5.41) is 3.21. The first-order chi connectivity index (χ1) is 14.2. The summed E-state index contributed by atoms with van der Waals surface area (Å²) >= 11 is 0. The van der Waals surface area contributed by atoms with Crippen LogP contribution < -0.4 is 5.32 Å². The predicted molar refractivity (Wildman–Crippen MR) is 113 cm³/mol. The third-order valence-corrected chi connectivity index (χ3v) is 6.08. The third-order valence-electron chi connectivity index (χ3n) is 6.08. The van der Waals surface area contributed by atoms with Crippen LogP contribution in [-0.4, -0.2) is 63.4 Å². The molecule has 1 amide bonds. The van der Waals surface area contributed by atoms with Crippen LogP contribution in [0.3, 0.4) is 0 Å². The average molecular weight is 395 g/mol. The Labute approximate surface area is 172 Å². The predicted octanol–water partition coefficient (Wildman–Crippen LogP) is 3.05. The highest BCUT2D eigenvalue weighted by molar-refractivity contribution is 5.78. The number of amides is 1. The van der Waals surface area contributed by atoms with E-state index in [1.54, 1.807) is 12.4 Å². The maximum absolute atomic E-state index is 12.6. The molecule has 2 fully saturated rings. The molecular formula is C22H30N6O. The van der Waals surface area contributed by atoms with Gasteiger partial charge in [0.15, 0.2) is 0 Å². The van der Waals surface area contributed by atoms with Crippen LogP contribution in [0.25, 0.3) is 0 Å². The van der Waals surface area contributed by atoms with Crippen LogP contribution in [-0.2, 0) is 4.79 Å². The quantitative estimate of drug-likeness (QED) is 0.840. The maximum atomic E-state index is 12.6. The van der Waals surface area contributed by atoms with E-state index in [1.807, 2.05) is 29.3 Å². The van der Waals surface area contributed by atoms with E-state index in [1.165, 1.54) is 0 Å². The molecule has 7 heteroatoms. The number of pyridine rings is 1. The Morgan fingerprint density at radius 1 is 1.07 bits per heavy atom. The fourth-order valence-corrected chi connectivity index (χ4v) is 4.14. The highest BCUT2D eigenvalue weighted by Gasteiger charge is 2.26. The fourth-order valence-electron chi connectivity index (χ4n) is 4.14. The number of hydrogen-bond donors (Lipinski definition) is 1. The number of carbonyl (C=O) groups excluding carboxylic acids is 1. The van der Waals surface area contributed by atoms with Gasteiger partial charge in [0.05, 0.1) is 18.4 Å². The van der Waals surface area contributed by atoms with Crippen LogP contribution in [0.4, 0.5) is 11.6 Å². The number of nitrogens with one attached hydrogen (secondary N) is 1. The molecule has 1 N–H and O–H groups in total. The van der Waals surface area contributed by atoms with Crippen molar-refractivity contribution in [3.05, 3.63) is 42.5 Å². The van der Waals surface area contributed by atoms with Crippen LogP contribution in [0, 0.1) is 5.92 Å². The van der Waals surface area contributed by atoms with Crippen molar-refractivity contribution in [1.29, 1.82) is 0 Å². The van der Waals surface area contributed by atoms with Gasteiger partial charge in [-0.15, -0.1) is 0 Å². The molecule has 2 saturated heterocycles. The zero-order chi connectivity index (χ0) is 20.1. The van der Waals surface area contributed by atoms with Crippen LogP contribution >= 0.6 is 0 Å². The van der Waals surface area contributed by atoms with E-state index in [2.05, 4.69) is 27.1 Å². The van der Waals surface area contributed by atoms with Gasteiger partial charge in [-0.3, -0.25) is 14.7 Å². The number of hydrogen-bond acceptors (Lipinski definition) is 6. The van der Waals surface area contributed by atoms with E-state index in [4.69, 9.17) is 4.98 Å². The summed E-state index contributed by atoms with van der Waals surface area (Å²) < 4.78 is 0. The van der Waals surface area contributed by atoms with Crippen molar-refractivity contribution >= 4 is 17.5 Å². The number of nitrogens with zero attached hydrogens (tertiary/aromatic N) is 5. The standard InChI is InChI=1S/C22H30N6O/c1-17-5-12-28(13-6-17)22(29)16-27-10-7-18(8-11-27)19-14-23-15-21(25-19)26-20-4-2-3-9-24-20/h2-4,9,14-15,17-18H,5-8,10-13,16H2,1H3,(H,24,25,26). The van der Waals surface area contributed by atoms with Gasteiger partial charge in [0.2, 0.25) is 5.91 Å². The smallest absolute Gasteiger partial charge is 0.236 e. The number of piperidine rings is 2. The van der Waals surface area contributed by atoms with E-state index in [9.17, 15) is 4.79 Å². The molecule has 4 heterocycles. The highest BCUT2D eigenvalue weighted by Crippen LogP contribution is 2.27. The molecule has 0 aromatic carbocycles. The van der Waals surface area contributed by atoms with Crippen molar-refractivity contribution in [2.75, 3.05) is 38.0 Å². The molecule has 154 valence electrons. The Hall–Kier alpha value is -2.54. The Morgan fingerprint density at radius 3 is 2.59 bits per heavy atom. The first-order valence-corrected chi connectivity index (χ1v) is 10.7. The second kappa shape index (κ2) is 9.31. The lowest BCUT2D eigenvalue weighted by atomic mass is 9.93. The molecular weight excluding hydrogens is 364 g/mol. The van der Waals surface area contributed by atoms with Crippen LogP contribution in [0.5, 0.6) is 0 Å². The SMILES string of the molecule is CC1CCN(C(=O)CN2CCC(c3cncc(Nc4ccccn4)n3)CC2)CC1. The van der Waals surface area contributed by atoms with E-state index in [0.29, 0.717) is 12.5 Å². The van der Waals surface area contributed by atoms with Gasteiger partial charge in [0.25, 0.3) is 0 Å². The van der Waals surface area contributed by atoms with Gasteiger partial charge in [-0.25, -0.2) is 9.97 Å². The second-order valence-electron chi connectivity index (χ2n) is 8.28. The highest BCUT2D eigenvalue weighted by atomic mass is 16.2. The Kier molecular flexibility index (Phi) is 6.34. The Balaban J connectivity index is 1.28. The minimum Gasteiger partial charge on any atom is -0.342 e. The van der Waals surface area contributed by atoms with Crippen LogP contribution in [0.1, 0.15) is 44.2 Å². The fraction of sp³-hybridized carbons (Fsp3) is 0.545. The molecule has 2 aliphatic rings. The average Bonchev–Trinajstić information content (AvgIpc) is 2.76. The Morgan fingerprint density at radius 2 is 1.86 bits per heavy atom. The van der Waals surface area contributed by atoms with Gasteiger partial charge in [-0.2, -0.15) is 0 Å². The summed E-state index contributed by atoms with van der Waals surface area (Å²) in [5.74, 6) is 2.91. The lowest BCUT2D eigenvalue weighted by Crippen LogP contribution is -2.45. The maximum Gasteiger partial charge on any atom is 0.236 e. The Bertz CT molecular complexity index is 798. The first-order valence-electron chi connectivity index (χ1n) is 10.7. The topological polar surface area (TPSA) is 74.2 Å². The molecule has 2 aromatic heterocycles. The summed E-state index contributed by atoms with van der Waals surface area (Å²) in [6.45, 7) is 6.52. The largest absolute Gasteiger partial charge is 0.342 e. The summed E-state index contributed by atoms with van der Waals surface area (Å²) in [6, 6.07) is 5.73. The minimum atomic E-state index is 0.289. The molecule has 4 rings (SSSR count). The molecule has 0 bridgehead atoms. The molecule has 2 aromatic rings. The van der Waals surface area contributed by atoms with Gasteiger partial charge in [0, 0.05) is 31.4 Å². The van der Waals surface area contributed by atoms with Crippen molar-refractivity contribution in [3.63, 3.8) is 0 Å². The van der Waals surface area contributed by atoms with E-state index >= 15 is 0 Å². The number of carbonyl (C=O) groups is 1. The molecule has 0 unspecified atom stereocenters. The van der Waals surface area contributed by atoms with Crippen LogP contribution in [0.15, 0.2) is 36.8 Å². The lowest BCUT2D eigenvalue weighted by Gasteiger charge is -2.35. The van der Waals surface area contributed by atoms with Crippen LogP contribution in [0.2, 0.25) is 0 Å². The first kappa shape index (κ1) is 19.8. The number of aromatic nitrogens is 3. The molecule has 7 nitrogen and oxygen atoms in total. The molecule has 0 atom stereocenters. The number of likely N-dealkylation sites (tertiary alicyclic amines) is 2. The molecule has 2 aliphatic heterocycles. The zero-order valence-electron chi connectivity index (χ0n) is 17.1. The molecule has 0 aliphatic carbocycles. The number of anilines is 2. The summed E-state index contributed by atoms with van der Waals surface area (Å²) in [5.41, 5.74) is 1.02. The minimum absolute atomic E-state index is 0.289. The van der Waals surface area contributed by atoms with Crippen molar-refractivity contribution in [1.82, 2.24) is 24.8 Å². The molecule has 0 spiro atoms. The van der Waals surface area contributed by atoms with Gasteiger partial charge >= 0.3 is 0 Å². The van der Waals surface area contributed by atoms with Crippen molar-refractivity contribution in [2.45, 2.75) is 38.5 Å². The van der Waals surface area contributed by atoms with E-state index in [0.717, 1.165) is 75.1 Å². The second-order valence-corrected chi connectivity index (χ2v) is 8.28. The van der Waals surface area contributed by atoms with Gasteiger partial charge in [0.1, 0.15) is 11.6 Å². The van der Waals surface area contributed by atoms with E-state index < -0.39 is 0 Å². The van der Waals surface area contributed by atoms with Gasteiger partial charge in [-0.05, 0) is 56.8 Å². The molecule has 29 heavy (non-hydrogen) atoms.